The van der Waals surface area contributed by atoms with E-state index in [0.717, 1.165) is 9.90 Å². The van der Waals surface area contributed by atoms with Crippen LogP contribution in [-0.4, -0.2) is 26.9 Å². The van der Waals surface area contributed by atoms with Crippen molar-refractivity contribution in [2.24, 2.45) is 5.73 Å². The van der Waals surface area contributed by atoms with Crippen LogP contribution in [-0.2, 0) is 9.47 Å². The molecule has 0 saturated heterocycles. The minimum Gasteiger partial charge on any atom is -0.382 e. The Balaban J connectivity index is 2.28. The van der Waals surface area contributed by atoms with E-state index in [9.17, 15) is 0 Å². The Bertz CT molecular complexity index is 267. The van der Waals surface area contributed by atoms with Crippen LogP contribution in [0.1, 0.15) is 10.9 Å². The molecular weight excluding hydrogens is 222 g/mol. The molecule has 0 aliphatic rings. The first-order chi connectivity index (χ1) is 6.75. The van der Waals surface area contributed by atoms with E-state index in [1.54, 1.807) is 18.4 Å². The van der Waals surface area contributed by atoms with Gasteiger partial charge in [-0.15, -0.1) is 11.3 Å². The summed E-state index contributed by atoms with van der Waals surface area (Å²) < 4.78 is 10.2. The maximum atomic E-state index is 5.92. The van der Waals surface area contributed by atoms with Gasteiger partial charge in [-0.1, -0.05) is 11.6 Å². The van der Waals surface area contributed by atoms with Gasteiger partial charge in [-0.3, -0.25) is 0 Å². The van der Waals surface area contributed by atoms with Crippen LogP contribution in [0.4, 0.5) is 0 Å². The van der Waals surface area contributed by atoms with Gasteiger partial charge in [0.25, 0.3) is 0 Å². The lowest BCUT2D eigenvalue weighted by Crippen LogP contribution is -2.17. The highest BCUT2D eigenvalue weighted by molar-refractivity contribution is 7.10. The zero-order chi connectivity index (χ0) is 10.4. The third-order valence-electron chi connectivity index (χ3n) is 1.71. The van der Waals surface area contributed by atoms with E-state index in [4.69, 9.17) is 26.8 Å². The van der Waals surface area contributed by atoms with Gasteiger partial charge in [0.1, 0.15) is 0 Å². The highest BCUT2D eigenvalue weighted by Gasteiger charge is 2.11. The molecule has 0 radical (unpaired) electrons. The largest absolute Gasteiger partial charge is 0.382 e. The Morgan fingerprint density at radius 3 is 2.93 bits per heavy atom. The van der Waals surface area contributed by atoms with Crippen LogP contribution >= 0.6 is 22.9 Å². The molecule has 0 bridgehead atoms. The smallest absolute Gasteiger partial charge is 0.0701 e. The van der Waals surface area contributed by atoms with Crippen molar-refractivity contribution in [1.82, 2.24) is 0 Å². The van der Waals surface area contributed by atoms with Gasteiger partial charge in [-0.25, -0.2) is 0 Å². The molecule has 0 aromatic carbocycles. The molecule has 80 valence electrons. The van der Waals surface area contributed by atoms with Crippen molar-refractivity contribution in [3.63, 3.8) is 0 Å². The number of methoxy groups -OCH3 is 1. The molecule has 0 fully saturated rings. The molecule has 0 saturated carbocycles. The van der Waals surface area contributed by atoms with Crippen molar-refractivity contribution in [2.45, 2.75) is 6.04 Å². The average molecular weight is 236 g/mol. The fourth-order valence-corrected chi connectivity index (χ4v) is 2.18. The fourth-order valence-electron chi connectivity index (χ4n) is 0.998. The number of hydrogen-bond acceptors (Lipinski definition) is 4. The monoisotopic (exact) mass is 235 g/mol. The number of nitrogens with two attached hydrogens (primary N) is 1. The van der Waals surface area contributed by atoms with Crippen molar-refractivity contribution >= 4 is 22.9 Å². The van der Waals surface area contributed by atoms with Crippen molar-refractivity contribution in [3.05, 3.63) is 21.3 Å². The summed E-state index contributed by atoms with van der Waals surface area (Å²) in [6.07, 6.45) is 0. The van der Waals surface area contributed by atoms with Gasteiger partial charge in [0.05, 0.1) is 30.9 Å². The first kappa shape index (κ1) is 11.9. The second-order valence-corrected chi connectivity index (χ2v) is 4.16. The van der Waals surface area contributed by atoms with Crippen LogP contribution < -0.4 is 5.73 Å². The Kier molecular flexibility index (Phi) is 5.44. The standard InChI is InChI=1S/C9H14ClNO2S/c1-12-3-4-13-6-8(11)9-7(10)2-5-14-9/h2,5,8H,3-4,6,11H2,1H3. The molecule has 1 aromatic heterocycles. The second kappa shape index (κ2) is 6.37. The molecule has 1 heterocycles. The van der Waals surface area contributed by atoms with Gasteiger partial charge in [0.2, 0.25) is 0 Å². The molecule has 0 amide bonds. The van der Waals surface area contributed by atoms with Gasteiger partial charge < -0.3 is 15.2 Å². The first-order valence-electron chi connectivity index (χ1n) is 4.31. The zero-order valence-electron chi connectivity index (χ0n) is 8.03. The summed E-state index contributed by atoms with van der Waals surface area (Å²) in [6.45, 7) is 1.63. The summed E-state index contributed by atoms with van der Waals surface area (Å²) in [5.41, 5.74) is 5.88. The van der Waals surface area contributed by atoms with Gasteiger partial charge in [0.15, 0.2) is 0 Å². The molecule has 3 nitrogen and oxygen atoms in total. The molecule has 0 aliphatic carbocycles. The van der Waals surface area contributed by atoms with E-state index in [0.29, 0.717) is 19.8 Å². The van der Waals surface area contributed by atoms with Crippen molar-refractivity contribution < 1.29 is 9.47 Å². The maximum Gasteiger partial charge on any atom is 0.0701 e. The van der Waals surface area contributed by atoms with Gasteiger partial charge >= 0.3 is 0 Å². The topological polar surface area (TPSA) is 44.5 Å². The predicted molar refractivity (Wildman–Crippen MR) is 59.0 cm³/mol. The van der Waals surface area contributed by atoms with Gasteiger partial charge in [-0.05, 0) is 11.4 Å². The van der Waals surface area contributed by atoms with E-state index in [1.165, 1.54) is 0 Å². The molecule has 14 heavy (non-hydrogen) atoms. The molecule has 2 N–H and O–H groups in total. The lowest BCUT2D eigenvalue weighted by Gasteiger charge is -2.10. The predicted octanol–water partition coefficient (Wildman–Crippen LogP) is 2.06. The van der Waals surface area contributed by atoms with Crippen LogP contribution in [0.5, 0.6) is 0 Å². The number of halogens is 1. The molecule has 0 spiro atoms. The molecular formula is C9H14ClNO2S. The minimum atomic E-state index is -0.139. The average Bonchev–Trinajstić information content (AvgIpc) is 2.59. The SMILES string of the molecule is COCCOCC(N)c1sccc1Cl. The third kappa shape index (κ3) is 3.55. The van der Waals surface area contributed by atoms with Crippen LogP contribution in [0.2, 0.25) is 5.02 Å². The van der Waals surface area contributed by atoms with E-state index in [1.807, 2.05) is 11.4 Å². The summed E-state index contributed by atoms with van der Waals surface area (Å²) in [4.78, 5) is 0.976. The highest BCUT2D eigenvalue weighted by atomic mass is 35.5. The Morgan fingerprint density at radius 2 is 2.36 bits per heavy atom. The summed E-state index contributed by atoms with van der Waals surface area (Å²) in [6, 6.07) is 1.70. The van der Waals surface area contributed by atoms with Crippen molar-refractivity contribution in [3.8, 4) is 0 Å². The van der Waals surface area contributed by atoms with Crippen LogP contribution in [0.15, 0.2) is 11.4 Å². The number of rotatable bonds is 6. The summed E-state index contributed by atoms with van der Waals surface area (Å²) in [7, 11) is 1.64. The first-order valence-corrected chi connectivity index (χ1v) is 5.56. The Hall–Kier alpha value is -0.130. The summed E-state index contributed by atoms with van der Waals surface area (Å²) >= 11 is 7.48. The fraction of sp³-hybridized carbons (Fsp3) is 0.556. The molecule has 1 rings (SSSR count). The maximum absolute atomic E-state index is 5.92. The van der Waals surface area contributed by atoms with Crippen LogP contribution in [0, 0.1) is 0 Å². The zero-order valence-corrected chi connectivity index (χ0v) is 9.61. The second-order valence-electron chi connectivity index (χ2n) is 2.81. The third-order valence-corrected chi connectivity index (χ3v) is 3.20. The molecule has 0 aliphatic heterocycles. The lowest BCUT2D eigenvalue weighted by atomic mass is 10.3. The quantitative estimate of drug-likeness (QED) is 0.768. The molecule has 5 heteroatoms. The number of hydrogen-bond donors (Lipinski definition) is 1. The number of ether oxygens (including phenoxy) is 2. The molecule has 1 atom stereocenters. The number of thiophene rings is 1. The Morgan fingerprint density at radius 1 is 1.57 bits per heavy atom. The molecule has 1 aromatic rings. The van der Waals surface area contributed by atoms with Crippen LogP contribution in [0.3, 0.4) is 0 Å². The lowest BCUT2D eigenvalue weighted by molar-refractivity contribution is 0.0640. The highest BCUT2D eigenvalue weighted by Crippen LogP contribution is 2.27. The minimum absolute atomic E-state index is 0.139. The van der Waals surface area contributed by atoms with E-state index >= 15 is 0 Å². The van der Waals surface area contributed by atoms with Crippen LogP contribution in [0.25, 0.3) is 0 Å². The van der Waals surface area contributed by atoms with E-state index in [-0.39, 0.29) is 6.04 Å². The Labute approximate surface area is 92.8 Å². The normalized spacial score (nSPS) is 13.1. The van der Waals surface area contributed by atoms with Crippen molar-refractivity contribution in [1.29, 1.82) is 0 Å². The summed E-state index contributed by atoms with van der Waals surface area (Å²) in [5, 5.41) is 2.64. The summed E-state index contributed by atoms with van der Waals surface area (Å²) in [5.74, 6) is 0. The van der Waals surface area contributed by atoms with Gasteiger partial charge in [-0.2, -0.15) is 0 Å². The van der Waals surface area contributed by atoms with E-state index < -0.39 is 0 Å². The van der Waals surface area contributed by atoms with Crippen molar-refractivity contribution in [2.75, 3.05) is 26.9 Å². The van der Waals surface area contributed by atoms with Gasteiger partial charge in [0, 0.05) is 12.0 Å². The molecule has 1 unspecified atom stereocenters. The van der Waals surface area contributed by atoms with E-state index in [2.05, 4.69) is 0 Å².